The third kappa shape index (κ3) is 1.01. The Hall–Kier alpha value is -1.27. The van der Waals surface area contributed by atoms with E-state index in [2.05, 4.69) is 15.9 Å². The molecular weight excluding hydrogens is 218 g/mol. The summed E-state index contributed by atoms with van der Waals surface area (Å²) in [4.78, 5) is 0. The van der Waals surface area contributed by atoms with Crippen LogP contribution >= 0.6 is 15.9 Å². The molecule has 0 saturated heterocycles. The predicted octanol–water partition coefficient (Wildman–Crippen LogP) is 3.07. The van der Waals surface area contributed by atoms with Crippen molar-refractivity contribution >= 4 is 26.9 Å². The molecule has 0 N–H and O–H groups in total. The zero-order valence-corrected chi connectivity index (χ0v) is 7.63. The number of hydrogen-bond donors (Lipinski definition) is 0. The number of furan rings is 1. The number of rotatable bonds is 0. The molecule has 0 aliphatic carbocycles. The smallest absolute Gasteiger partial charge is 0.204 e. The van der Waals surface area contributed by atoms with Gasteiger partial charge in [0.2, 0.25) is 5.76 Å². The van der Waals surface area contributed by atoms with Gasteiger partial charge in [-0.25, -0.2) is 0 Å². The van der Waals surface area contributed by atoms with E-state index >= 15 is 0 Å². The number of hydrogen-bond acceptors (Lipinski definition) is 2. The Kier molecular flexibility index (Phi) is 1.63. The van der Waals surface area contributed by atoms with Gasteiger partial charge in [0, 0.05) is 11.5 Å². The van der Waals surface area contributed by atoms with E-state index in [0.717, 1.165) is 15.4 Å². The number of para-hydroxylation sites is 1. The minimum absolute atomic E-state index is 0.344. The fourth-order valence-electron chi connectivity index (χ4n) is 1.08. The maximum absolute atomic E-state index is 8.57. The van der Waals surface area contributed by atoms with E-state index in [1.54, 1.807) is 6.07 Å². The Morgan fingerprint density at radius 3 is 2.92 bits per heavy atom. The lowest BCUT2D eigenvalue weighted by atomic mass is 10.2. The van der Waals surface area contributed by atoms with Crippen molar-refractivity contribution in [1.82, 2.24) is 0 Å². The van der Waals surface area contributed by atoms with Gasteiger partial charge in [0.15, 0.2) is 0 Å². The van der Waals surface area contributed by atoms with Gasteiger partial charge in [-0.05, 0) is 22.0 Å². The Morgan fingerprint density at radius 2 is 2.25 bits per heavy atom. The normalized spacial score (nSPS) is 10.0. The van der Waals surface area contributed by atoms with Crippen molar-refractivity contribution in [2.45, 2.75) is 0 Å². The fourth-order valence-corrected chi connectivity index (χ4v) is 1.55. The van der Waals surface area contributed by atoms with Crippen molar-refractivity contribution in [2.75, 3.05) is 0 Å². The second-order valence-electron chi connectivity index (χ2n) is 2.38. The van der Waals surface area contributed by atoms with E-state index < -0.39 is 0 Å². The maximum Gasteiger partial charge on any atom is 0.204 e. The Morgan fingerprint density at radius 1 is 1.42 bits per heavy atom. The van der Waals surface area contributed by atoms with Crippen LogP contribution in [0, 0.1) is 11.3 Å². The number of nitrogens with zero attached hydrogens (tertiary/aromatic N) is 1. The van der Waals surface area contributed by atoms with Crippen LogP contribution in [0.2, 0.25) is 0 Å². The van der Waals surface area contributed by atoms with Crippen molar-refractivity contribution in [1.29, 1.82) is 5.26 Å². The molecule has 58 valence electrons. The molecule has 1 aromatic heterocycles. The molecule has 0 unspecified atom stereocenters. The molecule has 0 bridgehead atoms. The SMILES string of the molecule is N#Cc1cc2cccc(Br)c2o1. The average Bonchev–Trinajstić information content (AvgIpc) is 2.49. The highest BCUT2D eigenvalue weighted by Crippen LogP contribution is 2.26. The maximum atomic E-state index is 8.57. The largest absolute Gasteiger partial charge is 0.444 e. The van der Waals surface area contributed by atoms with Gasteiger partial charge in [-0.2, -0.15) is 5.26 Å². The molecule has 0 radical (unpaired) electrons. The van der Waals surface area contributed by atoms with Gasteiger partial charge in [0.1, 0.15) is 11.7 Å². The molecule has 2 rings (SSSR count). The van der Waals surface area contributed by atoms with Gasteiger partial charge in [0.25, 0.3) is 0 Å². The molecule has 0 amide bonds. The molecule has 0 aliphatic heterocycles. The third-order valence-electron chi connectivity index (χ3n) is 1.61. The van der Waals surface area contributed by atoms with Crippen molar-refractivity contribution < 1.29 is 4.42 Å². The highest BCUT2D eigenvalue weighted by molar-refractivity contribution is 9.10. The quantitative estimate of drug-likeness (QED) is 0.686. The first-order valence-corrected chi connectivity index (χ1v) is 4.19. The summed E-state index contributed by atoms with van der Waals surface area (Å²) in [5.41, 5.74) is 0.731. The number of fused-ring (bicyclic) bond motifs is 1. The Balaban J connectivity index is 2.85. The minimum atomic E-state index is 0.344. The molecule has 0 spiro atoms. The molecule has 0 atom stereocenters. The molecule has 0 saturated carbocycles. The number of halogens is 1. The van der Waals surface area contributed by atoms with Gasteiger partial charge in [-0.1, -0.05) is 12.1 Å². The van der Waals surface area contributed by atoms with Crippen LogP contribution in [0.25, 0.3) is 11.0 Å². The van der Waals surface area contributed by atoms with E-state index in [9.17, 15) is 0 Å². The second-order valence-corrected chi connectivity index (χ2v) is 3.23. The summed E-state index contributed by atoms with van der Waals surface area (Å²) in [6.07, 6.45) is 0. The van der Waals surface area contributed by atoms with E-state index in [4.69, 9.17) is 9.68 Å². The minimum Gasteiger partial charge on any atom is -0.444 e. The summed E-state index contributed by atoms with van der Waals surface area (Å²) in [7, 11) is 0. The second kappa shape index (κ2) is 2.65. The lowest BCUT2D eigenvalue weighted by molar-refractivity contribution is 0.598. The standard InChI is InChI=1S/C9H4BrNO/c10-8-3-1-2-6-4-7(5-11)12-9(6)8/h1-4H. The van der Waals surface area contributed by atoms with Crippen molar-refractivity contribution in [2.24, 2.45) is 0 Å². The first kappa shape index (κ1) is 7.38. The molecule has 2 aromatic rings. The van der Waals surface area contributed by atoms with Gasteiger partial charge in [-0.3, -0.25) is 0 Å². The summed E-state index contributed by atoms with van der Waals surface area (Å²) >= 11 is 3.34. The van der Waals surface area contributed by atoms with Crippen LogP contribution in [0.15, 0.2) is 33.2 Å². The lowest BCUT2D eigenvalue weighted by Crippen LogP contribution is -1.64. The van der Waals surface area contributed by atoms with Gasteiger partial charge in [0.05, 0.1) is 4.47 Å². The number of nitriles is 1. The predicted molar refractivity (Wildman–Crippen MR) is 48.6 cm³/mol. The monoisotopic (exact) mass is 221 g/mol. The topological polar surface area (TPSA) is 36.9 Å². The molecule has 2 nitrogen and oxygen atoms in total. The van der Waals surface area contributed by atoms with E-state index in [0.29, 0.717) is 5.76 Å². The molecule has 12 heavy (non-hydrogen) atoms. The lowest BCUT2D eigenvalue weighted by Gasteiger charge is -1.88. The molecule has 1 aromatic carbocycles. The van der Waals surface area contributed by atoms with Crippen LogP contribution in [0.3, 0.4) is 0 Å². The first-order chi connectivity index (χ1) is 5.81. The van der Waals surface area contributed by atoms with Gasteiger partial charge in [-0.15, -0.1) is 0 Å². The van der Waals surface area contributed by atoms with Crippen LogP contribution in [0.1, 0.15) is 5.76 Å². The first-order valence-electron chi connectivity index (χ1n) is 3.39. The van der Waals surface area contributed by atoms with Gasteiger partial charge < -0.3 is 4.42 Å². The van der Waals surface area contributed by atoms with E-state index in [1.165, 1.54) is 0 Å². The van der Waals surface area contributed by atoms with Crippen molar-refractivity contribution in [3.05, 3.63) is 34.5 Å². The molecule has 1 heterocycles. The third-order valence-corrected chi connectivity index (χ3v) is 2.23. The van der Waals surface area contributed by atoms with Crippen LogP contribution in [0.5, 0.6) is 0 Å². The van der Waals surface area contributed by atoms with E-state index in [-0.39, 0.29) is 0 Å². The summed E-state index contributed by atoms with van der Waals surface area (Å²) < 4.78 is 6.12. The zero-order valence-electron chi connectivity index (χ0n) is 6.04. The fraction of sp³-hybridized carbons (Fsp3) is 0. The molecular formula is C9H4BrNO. The van der Waals surface area contributed by atoms with Crippen LogP contribution in [-0.4, -0.2) is 0 Å². The Labute approximate surface area is 77.5 Å². The van der Waals surface area contributed by atoms with E-state index in [1.807, 2.05) is 24.3 Å². The van der Waals surface area contributed by atoms with Crippen molar-refractivity contribution in [3.63, 3.8) is 0 Å². The van der Waals surface area contributed by atoms with Crippen LogP contribution < -0.4 is 0 Å². The summed E-state index contributed by atoms with van der Waals surface area (Å²) in [5, 5.41) is 9.52. The van der Waals surface area contributed by atoms with Crippen molar-refractivity contribution in [3.8, 4) is 6.07 Å². The van der Waals surface area contributed by atoms with Crippen LogP contribution in [-0.2, 0) is 0 Å². The van der Waals surface area contributed by atoms with Gasteiger partial charge >= 0.3 is 0 Å². The molecule has 0 aliphatic rings. The summed E-state index contributed by atoms with van der Waals surface area (Å²) in [6, 6.07) is 9.37. The summed E-state index contributed by atoms with van der Waals surface area (Å²) in [5.74, 6) is 0.344. The summed E-state index contributed by atoms with van der Waals surface area (Å²) in [6.45, 7) is 0. The highest BCUT2D eigenvalue weighted by Gasteiger charge is 2.04. The molecule has 3 heteroatoms. The van der Waals surface area contributed by atoms with Crippen LogP contribution in [0.4, 0.5) is 0 Å². The Bertz CT molecular complexity index is 467. The zero-order chi connectivity index (χ0) is 8.55. The molecule has 0 fully saturated rings. The number of benzene rings is 1. The highest BCUT2D eigenvalue weighted by atomic mass is 79.9. The average molecular weight is 222 g/mol.